The van der Waals surface area contributed by atoms with Crippen LogP contribution in [0, 0.1) is 0 Å². The number of nitrogens with two attached hydrogens (primary N) is 1. The van der Waals surface area contributed by atoms with Gasteiger partial charge >= 0.3 is 0 Å². The lowest BCUT2D eigenvalue weighted by atomic mass is 10.2. The number of rotatable bonds is 3. The van der Waals surface area contributed by atoms with Crippen molar-refractivity contribution < 1.29 is 4.21 Å². The van der Waals surface area contributed by atoms with E-state index in [1.54, 1.807) is 12.1 Å². The van der Waals surface area contributed by atoms with Crippen LogP contribution in [0.1, 0.15) is 5.56 Å². The van der Waals surface area contributed by atoms with Gasteiger partial charge in [-0.1, -0.05) is 28.1 Å². The molecule has 0 spiro atoms. The number of benzene rings is 2. The number of halogens is 1. The van der Waals surface area contributed by atoms with Crippen LogP contribution in [-0.4, -0.2) is 4.21 Å². The lowest BCUT2D eigenvalue weighted by molar-refractivity contribution is 0.682. The van der Waals surface area contributed by atoms with E-state index in [1.807, 2.05) is 36.4 Å². The highest BCUT2D eigenvalue weighted by atomic mass is 79.9. The van der Waals surface area contributed by atoms with Crippen molar-refractivity contribution in [2.75, 3.05) is 5.73 Å². The Bertz CT molecular complexity index is 539. The highest BCUT2D eigenvalue weighted by Crippen LogP contribution is 2.17. The molecule has 1 atom stereocenters. The fourth-order valence-electron chi connectivity index (χ4n) is 1.48. The van der Waals surface area contributed by atoms with E-state index in [0.717, 1.165) is 14.9 Å². The minimum absolute atomic E-state index is 0.517. The summed E-state index contributed by atoms with van der Waals surface area (Å²) >= 11 is 3.40. The maximum atomic E-state index is 12.1. The van der Waals surface area contributed by atoms with Crippen LogP contribution in [0.15, 0.2) is 57.9 Å². The molecule has 0 aliphatic carbocycles. The number of hydrogen-bond donors (Lipinski definition) is 1. The molecule has 0 aromatic heterocycles. The van der Waals surface area contributed by atoms with Gasteiger partial charge in [-0.05, 0) is 42.0 Å². The summed E-state index contributed by atoms with van der Waals surface area (Å²) in [5.74, 6) is 0.517. The summed E-state index contributed by atoms with van der Waals surface area (Å²) in [7, 11) is -1.03. The SMILES string of the molecule is Nc1ccc(S(=O)Cc2cccc(Br)c2)cc1. The first kappa shape index (κ1) is 12.3. The maximum absolute atomic E-state index is 12.1. The summed E-state index contributed by atoms with van der Waals surface area (Å²) in [5.41, 5.74) is 7.33. The monoisotopic (exact) mass is 309 g/mol. The zero-order chi connectivity index (χ0) is 12.3. The van der Waals surface area contributed by atoms with Gasteiger partial charge in [0.05, 0.1) is 16.6 Å². The third kappa shape index (κ3) is 3.41. The summed E-state index contributed by atoms with van der Waals surface area (Å²) < 4.78 is 13.1. The van der Waals surface area contributed by atoms with Gasteiger partial charge in [0.25, 0.3) is 0 Å². The minimum atomic E-state index is -1.03. The predicted molar refractivity (Wildman–Crippen MR) is 75.1 cm³/mol. The lowest BCUT2D eigenvalue weighted by Crippen LogP contribution is -1.96. The summed E-state index contributed by atoms with van der Waals surface area (Å²) in [5, 5.41) is 0. The molecule has 2 rings (SSSR count). The van der Waals surface area contributed by atoms with Crippen LogP contribution >= 0.6 is 15.9 Å². The topological polar surface area (TPSA) is 43.1 Å². The molecule has 0 heterocycles. The van der Waals surface area contributed by atoms with E-state index in [9.17, 15) is 4.21 Å². The number of anilines is 1. The summed E-state index contributed by atoms with van der Waals surface area (Å²) in [6.45, 7) is 0. The smallest absolute Gasteiger partial charge is 0.0574 e. The third-order valence-electron chi connectivity index (χ3n) is 2.33. The van der Waals surface area contributed by atoms with Gasteiger partial charge in [0.15, 0.2) is 0 Å². The predicted octanol–water partition coefficient (Wildman–Crippen LogP) is 3.34. The molecule has 0 fully saturated rings. The molecule has 0 radical (unpaired) electrons. The Labute approximate surface area is 111 Å². The van der Waals surface area contributed by atoms with E-state index >= 15 is 0 Å². The Kier molecular flexibility index (Phi) is 3.97. The first-order valence-electron chi connectivity index (χ1n) is 5.13. The molecule has 0 saturated heterocycles. The van der Waals surface area contributed by atoms with E-state index in [1.165, 1.54) is 0 Å². The average Bonchev–Trinajstić information content (AvgIpc) is 2.29. The van der Waals surface area contributed by atoms with E-state index < -0.39 is 10.8 Å². The van der Waals surface area contributed by atoms with Gasteiger partial charge in [-0.3, -0.25) is 4.21 Å². The molecule has 2 aromatic carbocycles. The first-order valence-corrected chi connectivity index (χ1v) is 7.25. The van der Waals surface area contributed by atoms with Crippen LogP contribution in [0.5, 0.6) is 0 Å². The molecule has 0 aliphatic heterocycles. The van der Waals surface area contributed by atoms with Gasteiger partial charge in [0.2, 0.25) is 0 Å². The van der Waals surface area contributed by atoms with Crippen molar-refractivity contribution in [3.63, 3.8) is 0 Å². The van der Waals surface area contributed by atoms with Gasteiger partial charge < -0.3 is 5.73 Å². The minimum Gasteiger partial charge on any atom is -0.399 e. The Hall–Kier alpha value is -1.13. The van der Waals surface area contributed by atoms with Gasteiger partial charge in [-0.25, -0.2) is 0 Å². The molecule has 0 aliphatic rings. The van der Waals surface area contributed by atoms with Crippen molar-refractivity contribution in [3.05, 3.63) is 58.6 Å². The second-order valence-corrected chi connectivity index (χ2v) is 6.06. The Morgan fingerprint density at radius 2 is 1.82 bits per heavy atom. The summed E-state index contributed by atoms with van der Waals surface area (Å²) in [4.78, 5) is 0.805. The van der Waals surface area contributed by atoms with Crippen LogP contribution in [0.2, 0.25) is 0 Å². The Balaban J connectivity index is 2.14. The lowest BCUT2D eigenvalue weighted by Gasteiger charge is -2.03. The number of nitrogen functional groups attached to an aromatic ring is 1. The van der Waals surface area contributed by atoms with Crippen LogP contribution < -0.4 is 5.73 Å². The largest absolute Gasteiger partial charge is 0.399 e. The molecular weight excluding hydrogens is 298 g/mol. The summed E-state index contributed by atoms with van der Waals surface area (Å²) in [6.07, 6.45) is 0. The molecule has 1 unspecified atom stereocenters. The normalized spacial score (nSPS) is 12.3. The maximum Gasteiger partial charge on any atom is 0.0574 e. The average molecular weight is 310 g/mol. The van der Waals surface area contributed by atoms with Crippen molar-refractivity contribution >= 4 is 32.4 Å². The van der Waals surface area contributed by atoms with Gasteiger partial charge in [0.1, 0.15) is 0 Å². The third-order valence-corrected chi connectivity index (χ3v) is 4.22. The van der Waals surface area contributed by atoms with Gasteiger partial charge in [-0.2, -0.15) is 0 Å². The van der Waals surface area contributed by atoms with Crippen LogP contribution in [-0.2, 0) is 16.6 Å². The fraction of sp³-hybridized carbons (Fsp3) is 0.0769. The first-order chi connectivity index (χ1) is 8.15. The molecule has 0 saturated carbocycles. The standard InChI is InChI=1S/C13H12BrNOS/c14-11-3-1-2-10(8-11)9-17(16)13-6-4-12(15)5-7-13/h1-8H,9,15H2. The van der Waals surface area contributed by atoms with Crippen LogP contribution in [0.25, 0.3) is 0 Å². The van der Waals surface area contributed by atoms with Gasteiger partial charge in [0, 0.05) is 15.1 Å². The second-order valence-electron chi connectivity index (χ2n) is 3.69. The zero-order valence-corrected chi connectivity index (χ0v) is 11.5. The van der Waals surface area contributed by atoms with Crippen molar-refractivity contribution in [3.8, 4) is 0 Å². The van der Waals surface area contributed by atoms with E-state index in [2.05, 4.69) is 15.9 Å². The van der Waals surface area contributed by atoms with Crippen molar-refractivity contribution in [1.29, 1.82) is 0 Å². The molecule has 0 bridgehead atoms. The molecule has 88 valence electrons. The van der Waals surface area contributed by atoms with E-state index in [0.29, 0.717) is 11.4 Å². The van der Waals surface area contributed by atoms with Crippen LogP contribution in [0.3, 0.4) is 0 Å². The zero-order valence-electron chi connectivity index (χ0n) is 9.10. The number of hydrogen-bond acceptors (Lipinski definition) is 2. The molecule has 4 heteroatoms. The summed E-state index contributed by atoms with van der Waals surface area (Å²) in [6, 6.07) is 15.0. The Morgan fingerprint density at radius 3 is 2.47 bits per heavy atom. The van der Waals surface area contributed by atoms with E-state index in [4.69, 9.17) is 5.73 Å². The second kappa shape index (κ2) is 5.47. The highest BCUT2D eigenvalue weighted by molar-refractivity contribution is 9.10. The molecule has 2 N–H and O–H groups in total. The van der Waals surface area contributed by atoms with Gasteiger partial charge in [-0.15, -0.1) is 0 Å². The van der Waals surface area contributed by atoms with Crippen molar-refractivity contribution in [2.45, 2.75) is 10.6 Å². The molecule has 2 aromatic rings. The highest BCUT2D eigenvalue weighted by Gasteiger charge is 2.05. The molecular formula is C13H12BrNOS. The van der Waals surface area contributed by atoms with Crippen molar-refractivity contribution in [2.24, 2.45) is 0 Å². The van der Waals surface area contributed by atoms with E-state index in [-0.39, 0.29) is 0 Å². The van der Waals surface area contributed by atoms with Crippen molar-refractivity contribution in [1.82, 2.24) is 0 Å². The quantitative estimate of drug-likeness (QED) is 0.884. The van der Waals surface area contributed by atoms with Crippen LogP contribution in [0.4, 0.5) is 5.69 Å². The molecule has 0 amide bonds. The Morgan fingerprint density at radius 1 is 1.12 bits per heavy atom. The molecule has 17 heavy (non-hydrogen) atoms. The molecule has 2 nitrogen and oxygen atoms in total. The fourth-order valence-corrected chi connectivity index (χ4v) is 3.02.